The molecule has 0 bridgehead atoms. The van der Waals surface area contributed by atoms with Crippen molar-refractivity contribution in [3.8, 4) is 0 Å². The van der Waals surface area contributed by atoms with E-state index in [1.807, 2.05) is 13.0 Å². The maximum absolute atomic E-state index is 12.7. The van der Waals surface area contributed by atoms with Crippen LogP contribution < -0.4 is 5.32 Å². The first-order valence-corrected chi connectivity index (χ1v) is 22.6. The molecule has 0 saturated heterocycles. The number of allylic oxidation sites excluding steroid dienone is 1. The van der Waals surface area contributed by atoms with Crippen LogP contribution in [0.25, 0.3) is 0 Å². The van der Waals surface area contributed by atoms with Crippen molar-refractivity contribution < 1.29 is 23.5 Å². The van der Waals surface area contributed by atoms with E-state index in [9.17, 15) is 14.5 Å². The predicted octanol–water partition coefficient (Wildman–Crippen LogP) is 12.5. The van der Waals surface area contributed by atoms with E-state index < -0.39 is 18.4 Å². The topological polar surface area (TPSA) is 84.9 Å². The van der Waals surface area contributed by atoms with Crippen molar-refractivity contribution >= 4 is 27.7 Å². The fourth-order valence-corrected chi connectivity index (χ4v) is 7.11. The van der Waals surface area contributed by atoms with Crippen molar-refractivity contribution in [3.63, 3.8) is 0 Å². The highest BCUT2D eigenvalue weighted by Crippen LogP contribution is 2.56. The average molecular weight is 723 g/mol. The summed E-state index contributed by atoms with van der Waals surface area (Å²) in [5, 5.41) is 13.8. The Morgan fingerprint density at radius 3 is 1.53 bits per heavy atom. The highest BCUT2D eigenvalue weighted by molar-refractivity contribution is 9.39. The lowest BCUT2D eigenvalue weighted by atomic mass is 10.0. The number of carbonyl (C=O) groups excluding carboxylic acids is 1. The predicted molar refractivity (Wildman–Crippen MR) is 197 cm³/mol. The molecule has 0 aromatic rings. The summed E-state index contributed by atoms with van der Waals surface area (Å²) in [5.41, 5.74) is 0. The third-order valence-corrected chi connectivity index (χ3v) is 10.6. The van der Waals surface area contributed by atoms with Crippen LogP contribution >= 0.6 is 21.8 Å². The Kier molecular flexibility index (Phi) is 33.5. The molecule has 1 unspecified atom stereocenters. The smallest absolute Gasteiger partial charge is 0.387 e. The lowest BCUT2D eigenvalue weighted by Gasteiger charge is -2.23. The quantitative estimate of drug-likeness (QED) is 0.0386. The number of nitrogens with one attached hydrogen (secondary N) is 1. The van der Waals surface area contributed by atoms with Crippen LogP contribution in [0.3, 0.4) is 0 Å². The van der Waals surface area contributed by atoms with E-state index in [1.54, 1.807) is 6.08 Å². The molecule has 0 aliphatic carbocycles. The van der Waals surface area contributed by atoms with Gasteiger partial charge in [-0.1, -0.05) is 174 Å². The third-order valence-electron chi connectivity index (χ3n) is 8.43. The summed E-state index contributed by atoms with van der Waals surface area (Å²) < 4.78 is 23.3. The van der Waals surface area contributed by atoms with Gasteiger partial charge < -0.3 is 14.9 Å². The molecule has 0 rings (SSSR count). The van der Waals surface area contributed by atoms with Crippen LogP contribution in [0.1, 0.15) is 194 Å². The second-order valence-electron chi connectivity index (χ2n) is 13.0. The molecule has 0 heterocycles. The third kappa shape index (κ3) is 32.1. The standard InChI is InChI=1S/C37H73BrNO5P/c1-4-7-9-11-13-15-17-19-21-23-25-27-29-31-36(40)35(34-44-45(38,42)43-33-6-3)39-37(41)32-30-28-26-24-22-20-18-16-14-12-10-8-5-2/h29,31,35-36,40H,4-28,30,32-34H2,1-3H3,(H,39,41)/b31-29+/t35-,36+,45?/m0/s1. The van der Waals surface area contributed by atoms with Crippen molar-refractivity contribution in [2.75, 3.05) is 13.2 Å². The van der Waals surface area contributed by atoms with Crippen molar-refractivity contribution in [1.82, 2.24) is 5.32 Å². The number of carbonyl (C=O) groups is 1. The first-order valence-electron chi connectivity index (χ1n) is 19.1. The highest BCUT2D eigenvalue weighted by atomic mass is 79.9. The van der Waals surface area contributed by atoms with Crippen LogP contribution in [0.4, 0.5) is 0 Å². The molecule has 0 aliphatic rings. The van der Waals surface area contributed by atoms with Gasteiger partial charge in [-0.3, -0.25) is 9.32 Å². The molecule has 0 aliphatic heterocycles. The van der Waals surface area contributed by atoms with Gasteiger partial charge in [0.15, 0.2) is 0 Å². The van der Waals surface area contributed by atoms with Gasteiger partial charge in [-0.05, 0) is 25.7 Å². The molecule has 2 N–H and O–H groups in total. The Hall–Kier alpha value is -0.200. The SMILES string of the molecule is CCCCCCCCCCCCC/C=C/[C@@H](O)[C@H](COP(=O)(Br)OCCC)NC(=O)CCCCCCCCCCCCCCC. The summed E-state index contributed by atoms with van der Waals surface area (Å²) in [6, 6.07) is -0.691. The zero-order chi connectivity index (χ0) is 33.3. The van der Waals surface area contributed by atoms with E-state index in [4.69, 9.17) is 9.05 Å². The van der Waals surface area contributed by atoms with Gasteiger partial charge in [0, 0.05) is 21.9 Å². The number of aliphatic hydroxyl groups excluding tert-OH is 1. The maximum atomic E-state index is 12.7. The number of aliphatic hydroxyl groups is 1. The van der Waals surface area contributed by atoms with E-state index in [2.05, 4.69) is 34.7 Å². The molecule has 268 valence electrons. The zero-order valence-electron chi connectivity index (χ0n) is 29.7. The van der Waals surface area contributed by atoms with Gasteiger partial charge in [-0.2, -0.15) is 0 Å². The number of rotatable bonds is 35. The molecule has 0 radical (unpaired) electrons. The minimum atomic E-state index is -3.43. The lowest BCUT2D eigenvalue weighted by molar-refractivity contribution is -0.122. The fraction of sp³-hybridized carbons (Fsp3) is 0.919. The molecule has 0 spiro atoms. The molecule has 1 amide bonds. The summed E-state index contributed by atoms with van der Waals surface area (Å²) in [7, 11) is 0. The molecule has 3 atom stereocenters. The number of halogens is 1. The van der Waals surface area contributed by atoms with Crippen LogP contribution in [0, 0.1) is 0 Å². The lowest BCUT2D eigenvalue weighted by Crippen LogP contribution is -2.45. The van der Waals surface area contributed by atoms with Crippen LogP contribution in [0.15, 0.2) is 12.2 Å². The Balaban J connectivity index is 4.31. The molecule has 8 heteroatoms. The van der Waals surface area contributed by atoms with Gasteiger partial charge in [0.05, 0.1) is 25.4 Å². The molecule has 6 nitrogen and oxygen atoms in total. The second kappa shape index (κ2) is 33.7. The van der Waals surface area contributed by atoms with Crippen LogP contribution in [-0.2, 0) is 18.4 Å². The largest absolute Gasteiger partial charge is 0.396 e. The average Bonchev–Trinajstić information content (AvgIpc) is 3.02. The fourth-order valence-electron chi connectivity index (χ4n) is 5.51. The minimum Gasteiger partial charge on any atom is -0.387 e. The molecule has 0 aromatic carbocycles. The Bertz CT molecular complexity index is 723. The molecule has 45 heavy (non-hydrogen) atoms. The summed E-state index contributed by atoms with van der Waals surface area (Å²) in [6.07, 6.45) is 32.1. The van der Waals surface area contributed by atoms with E-state index >= 15 is 0 Å². The molecule has 0 aromatic heterocycles. The number of unbranched alkanes of at least 4 members (excludes halogenated alkanes) is 23. The van der Waals surface area contributed by atoms with E-state index in [0.717, 1.165) is 32.1 Å². The Morgan fingerprint density at radius 2 is 1.09 bits per heavy atom. The van der Waals surface area contributed by atoms with Crippen LogP contribution in [0.5, 0.6) is 0 Å². The second-order valence-corrected chi connectivity index (χ2v) is 17.0. The Labute approximate surface area is 287 Å². The van der Waals surface area contributed by atoms with E-state index in [-0.39, 0.29) is 12.5 Å². The van der Waals surface area contributed by atoms with E-state index in [0.29, 0.717) is 19.4 Å². The van der Waals surface area contributed by atoms with Gasteiger partial charge >= 0.3 is 6.30 Å². The van der Waals surface area contributed by atoms with Gasteiger partial charge in [0.25, 0.3) is 0 Å². The van der Waals surface area contributed by atoms with Crippen molar-refractivity contribution in [1.29, 1.82) is 0 Å². The van der Waals surface area contributed by atoms with Crippen LogP contribution in [0.2, 0.25) is 0 Å². The summed E-state index contributed by atoms with van der Waals surface area (Å²) in [5.74, 6) is -0.108. The first-order chi connectivity index (χ1) is 21.9. The van der Waals surface area contributed by atoms with Crippen molar-refractivity contribution in [2.24, 2.45) is 0 Å². The number of hydrogen-bond acceptors (Lipinski definition) is 5. The van der Waals surface area contributed by atoms with Gasteiger partial charge in [-0.25, -0.2) is 4.57 Å². The summed E-state index contributed by atoms with van der Waals surface area (Å²) in [6.45, 7) is 6.66. The number of hydrogen-bond donors (Lipinski definition) is 2. The normalized spacial score (nSPS) is 14.5. The van der Waals surface area contributed by atoms with Gasteiger partial charge in [0.1, 0.15) is 0 Å². The molecular weight excluding hydrogens is 649 g/mol. The molecule has 0 fully saturated rings. The Morgan fingerprint density at radius 1 is 0.667 bits per heavy atom. The van der Waals surface area contributed by atoms with Crippen molar-refractivity contribution in [2.45, 2.75) is 206 Å². The molecule has 0 saturated carbocycles. The first kappa shape index (κ1) is 44.8. The number of amides is 1. The van der Waals surface area contributed by atoms with Crippen LogP contribution in [-0.4, -0.2) is 36.4 Å². The monoisotopic (exact) mass is 721 g/mol. The maximum Gasteiger partial charge on any atom is 0.396 e. The van der Waals surface area contributed by atoms with Gasteiger partial charge in [0.2, 0.25) is 5.91 Å². The van der Waals surface area contributed by atoms with Gasteiger partial charge in [-0.15, -0.1) is 0 Å². The zero-order valence-corrected chi connectivity index (χ0v) is 32.2. The highest BCUT2D eigenvalue weighted by Gasteiger charge is 2.26. The summed E-state index contributed by atoms with van der Waals surface area (Å²) >= 11 is 3.04. The van der Waals surface area contributed by atoms with E-state index in [1.165, 1.54) is 128 Å². The van der Waals surface area contributed by atoms with Crippen molar-refractivity contribution in [3.05, 3.63) is 12.2 Å². The minimum absolute atomic E-state index is 0.0967. The summed E-state index contributed by atoms with van der Waals surface area (Å²) in [4.78, 5) is 12.7. The molecular formula is C37H73BrNO5P.